The number of halogens is 3. The molecule has 0 aliphatic heterocycles. The molecular formula is C14H16F3N3O6. The third-order valence-corrected chi connectivity index (χ3v) is 3.07. The molecule has 0 radical (unpaired) electrons. The molecule has 26 heavy (non-hydrogen) atoms. The average molecular weight is 379 g/mol. The van der Waals surface area contributed by atoms with Gasteiger partial charge >= 0.3 is 24.1 Å². The van der Waals surface area contributed by atoms with Gasteiger partial charge in [-0.05, 0) is 19.4 Å². The molecule has 0 spiro atoms. The second-order valence-electron chi connectivity index (χ2n) is 5.04. The summed E-state index contributed by atoms with van der Waals surface area (Å²) >= 11 is 0. The van der Waals surface area contributed by atoms with Gasteiger partial charge in [-0.2, -0.15) is 13.2 Å². The number of hydrogen-bond acceptors (Lipinski definition) is 6. The summed E-state index contributed by atoms with van der Waals surface area (Å²) in [7, 11) is 1.17. The Morgan fingerprint density at radius 3 is 2.27 bits per heavy atom. The number of methoxy groups -OCH3 is 1. The van der Waals surface area contributed by atoms with Gasteiger partial charge in [0.1, 0.15) is 12.2 Å². The molecule has 1 aromatic rings. The van der Waals surface area contributed by atoms with Crippen molar-refractivity contribution in [1.29, 1.82) is 0 Å². The highest BCUT2D eigenvalue weighted by Gasteiger charge is 2.28. The van der Waals surface area contributed by atoms with E-state index < -0.39 is 43.2 Å². The molecular weight excluding hydrogens is 363 g/mol. The molecule has 0 aliphatic carbocycles. The minimum Gasteiger partial charge on any atom is -0.465 e. The van der Waals surface area contributed by atoms with Crippen molar-refractivity contribution in [3.63, 3.8) is 0 Å². The second-order valence-corrected chi connectivity index (χ2v) is 5.04. The molecule has 0 unspecified atom stereocenters. The van der Waals surface area contributed by atoms with Gasteiger partial charge < -0.3 is 19.8 Å². The predicted octanol–water partition coefficient (Wildman–Crippen LogP) is 0.963. The van der Waals surface area contributed by atoms with E-state index in [4.69, 9.17) is 0 Å². The lowest BCUT2D eigenvalue weighted by Gasteiger charge is -2.09. The number of aryl methyl sites for hydroxylation is 1. The fraction of sp³-hybridized carbons (Fsp3) is 0.429. The number of urea groups is 1. The van der Waals surface area contributed by atoms with Crippen molar-refractivity contribution in [3.8, 4) is 0 Å². The molecule has 0 bridgehead atoms. The predicted molar refractivity (Wildman–Crippen MR) is 79.5 cm³/mol. The fourth-order valence-electron chi connectivity index (χ4n) is 1.95. The van der Waals surface area contributed by atoms with Crippen LogP contribution in [0, 0.1) is 13.8 Å². The lowest BCUT2D eigenvalue weighted by atomic mass is 10.1. The molecule has 1 rings (SSSR count). The van der Waals surface area contributed by atoms with Crippen LogP contribution in [0.4, 0.5) is 18.0 Å². The largest absolute Gasteiger partial charge is 0.465 e. The molecule has 144 valence electrons. The molecule has 1 aromatic heterocycles. The summed E-state index contributed by atoms with van der Waals surface area (Å²) in [5.74, 6) is -2.80. The van der Waals surface area contributed by atoms with Crippen LogP contribution in [-0.4, -0.2) is 55.3 Å². The lowest BCUT2D eigenvalue weighted by Crippen LogP contribution is -2.44. The highest BCUT2D eigenvalue weighted by Crippen LogP contribution is 2.19. The lowest BCUT2D eigenvalue weighted by molar-refractivity contribution is -0.125. The van der Waals surface area contributed by atoms with Gasteiger partial charge in [0.2, 0.25) is 0 Å². The Hall–Kier alpha value is -3.05. The number of carbonyl (C=O) groups excluding carboxylic acids is 4. The van der Waals surface area contributed by atoms with Crippen LogP contribution in [0.15, 0.2) is 0 Å². The summed E-state index contributed by atoms with van der Waals surface area (Å²) in [5.41, 5.74) is 0.618. The number of imide groups is 1. The maximum absolute atomic E-state index is 12.0. The van der Waals surface area contributed by atoms with E-state index in [-0.39, 0.29) is 16.8 Å². The molecule has 0 fully saturated rings. The average Bonchev–Trinajstić information content (AvgIpc) is 2.84. The maximum Gasteiger partial charge on any atom is 0.405 e. The Bertz CT molecular complexity index is 726. The van der Waals surface area contributed by atoms with Crippen molar-refractivity contribution >= 4 is 23.9 Å². The van der Waals surface area contributed by atoms with E-state index in [1.807, 2.05) is 0 Å². The number of esters is 2. The van der Waals surface area contributed by atoms with Gasteiger partial charge in [0.15, 0.2) is 6.61 Å². The molecule has 0 saturated heterocycles. The van der Waals surface area contributed by atoms with Crippen LogP contribution in [0.5, 0.6) is 0 Å². The van der Waals surface area contributed by atoms with Gasteiger partial charge in [0.25, 0.3) is 5.91 Å². The maximum atomic E-state index is 12.0. The Morgan fingerprint density at radius 2 is 1.73 bits per heavy atom. The van der Waals surface area contributed by atoms with Gasteiger partial charge in [-0.1, -0.05) is 0 Å². The van der Waals surface area contributed by atoms with Crippen LogP contribution in [0.3, 0.4) is 0 Å². The van der Waals surface area contributed by atoms with Crippen LogP contribution in [0.25, 0.3) is 0 Å². The molecule has 12 heteroatoms. The zero-order valence-corrected chi connectivity index (χ0v) is 14.0. The Morgan fingerprint density at radius 1 is 1.12 bits per heavy atom. The Labute approximate surface area is 145 Å². The number of hydrogen-bond donors (Lipinski definition) is 3. The first-order valence-corrected chi connectivity index (χ1v) is 7.05. The fourth-order valence-corrected chi connectivity index (χ4v) is 1.95. The molecule has 9 nitrogen and oxygen atoms in total. The summed E-state index contributed by atoms with van der Waals surface area (Å²) in [5, 5.41) is 2.99. The second kappa shape index (κ2) is 8.36. The standard InChI is InChI=1S/C14H16F3N3O6/c1-6-9(11(22)25-3)7(2)19-10(6)12(23)26-4-8(21)20-13(24)18-5-14(15,16)17/h19H,4-5H2,1-3H3,(H2,18,20,21,24). The summed E-state index contributed by atoms with van der Waals surface area (Å²) in [4.78, 5) is 48.7. The van der Waals surface area contributed by atoms with E-state index in [0.29, 0.717) is 5.69 Å². The summed E-state index contributed by atoms with van der Waals surface area (Å²) in [6.45, 7) is 0.442. The third kappa shape index (κ3) is 5.79. The summed E-state index contributed by atoms with van der Waals surface area (Å²) in [6, 6.07) is -1.39. The quantitative estimate of drug-likeness (QED) is 0.654. The number of amides is 3. The van der Waals surface area contributed by atoms with Gasteiger partial charge in [-0.15, -0.1) is 0 Å². The zero-order valence-electron chi connectivity index (χ0n) is 14.0. The van der Waals surface area contributed by atoms with E-state index in [0.717, 1.165) is 0 Å². The van der Waals surface area contributed by atoms with Crippen LogP contribution >= 0.6 is 0 Å². The molecule has 0 atom stereocenters. The normalized spacial score (nSPS) is 10.8. The van der Waals surface area contributed by atoms with Crippen LogP contribution < -0.4 is 10.6 Å². The third-order valence-electron chi connectivity index (χ3n) is 3.07. The number of aromatic nitrogens is 1. The number of H-pyrrole nitrogens is 1. The molecule has 0 aliphatic rings. The van der Waals surface area contributed by atoms with Crippen LogP contribution in [0.2, 0.25) is 0 Å². The number of carbonyl (C=O) groups is 4. The monoisotopic (exact) mass is 379 g/mol. The summed E-state index contributed by atoms with van der Waals surface area (Å²) < 4.78 is 45.0. The highest BCUT2D eigenvalue weighted by molar-refractivity contribution is 6.00. The van der Waals surface area contributed by atoms with Crippen molar-refractivity contribution in [2.75, 3.05) is 20.3 Å². The molecule has 1 heterocycles. The van der Waals surface area contributed by atoms with Gasteiger partial charge in [0, 0.05) is 5.69 Å². The number of ether oxygens (including phenoxy) is 2. The van der Waals surface area contributed by atoms with Crippen molar-refractivity contribution in [2.24, 2.45) is 0 Å². The Balaban J connectivity index is 2.60. The molecule has 0 aromatic carbocycles. The Kier molecular flexibility index (Phi) is 6.75. The van der Waals surface area contributed by atoms with Crippen molar-refractivity contribution in [3.05, 3.63) is 22.5 Å². The van der Waals surface area contributed by atoms with Crippen molar-refractivity contribution in [2.45, 2.75) is 20.0 Å². The SMILES string of the molecule is COC(=O)c1c(C)[nH]c(C(=O)OCC(=O)NC(=O)NCC(F)(F)F)c1C. The smallest absolute Gasteiger partial charge is 0.405 e. The molecule has 0 saturated carbocycles. The van der Waals surface area contributed by atoms with Crippen molar-refractivity contribution < 1.29 is 41.8 Å². The number of aromatic amines is 1. The number of nitrogens with one attached hydrogen (secondary N) is 3. The van der Waals surface area contributed by atoms with E-state index >= 15 is 0 Å². The first kappa shape index (κ1) is 21.0. The topological polar surface area (TPSA) is 127 Å². The van der Waals surface area contributed by atoms with Gasteiger partial charge in [-0.3, -0.25) is 10.1 Å². The van der Waals surface area contributed by atoms with Crippen molar-refractivity contribution in [1.82, 2.24) is 15.6 Å². The van der Waals surface area contributed by atoms with E-state index in [1.54, 1.807) is 5.32 Å². The minimum atomic E-state index is -4.63. The highest BCUT2D eigenvalue weighted by atomic mass is 19.4. The first-order chi connectivity index (χ1) is 12.0. The first-order valence-electron chi connectivity index (χ1n) is 7.05. The van der Waals surface area contributed by atoms with Crippen LogP contribution in [0.1, 0.15) is 32.1 Å². The van der Waals surface area contributed by atoms with E-state index in [1.165, 1.54) is 26.3 Å². The van der Waals surface area contributed by atoms with Gasteiger partial charge in [-0.25, -0.2) is 14.4 Å². The van der Waals surface area contributed by atoms with E-state index in [2.05, 4.69) is 14.5 Å². The zero-order chi connectivity index (χ0) is 20.1. The number of alkyl halides is 3. The van der Waals surface area contributed by atoms with Gasteiger partial charge in [0.05, 0.1) is 12.7 Å². The molecule has 3 N–H and O–H groups in total. The number of rotatable bonds is 5. The van der Waals surface area contributed by atoms with E-state index in [9.17, 15) is 32.3 Å². The van der Waals surface area contributed by atoms with Crippen LogP contribution in [-0.2, 0) is 14.3 Å². The summed E-state index contributed by atoms with van der Waals surface area (Å²) in [6.07, 6.45) is -4.63. The molecule has 3 amide bonds. The minimum absolute atomic E-state index is 0.0998.